The molecule has 1 N–H and O–H groups in total. The summed E-state index contributed by atoms with van der Waals surface area (Å²) in [7, 11) is 0. The van der Waals surface area contributed by atoms with Crippen molar-refractivity contribution in [2.75, 3.05) is 5.32 Å². The molecule has 0 saturated carbocycles. The van der Waals surface area contributed by atoms with Crippen LogP contribution in [-0.4, -0.2) is 10.7 Å². The lowest BCUT2D eigenvalue weighted by Gasteiger charge is -2.17. The van der Waals surface area contributed by atoms with Gasteiger partial charge in [0, 0.05) is 5.69 Å². The number of carbonyl (C=O) groups is 1. The normalized spacial score (nSPS) is 13.5. The van der Waals surface area contributed by atoms with Gasteiger partial charge in [-0.15, -0.1) is 0 Å². The predicted octanol–water partition coefficient (Wildman–Crippen LogP) is 5.14. The zero-order valence-corrected chi connectivity index (χ0v) is 15.1. The van der Waals surface area contributed by atoms with Gasteiger partial charge >= 0.3 is 0 Å². The Kier molecular flexibility index (Phi) is 5.59. The fraction of sp³-hybridized carbons (Fsp3) is 0.235. The molecular formula is C17H17Br2NO. The Balaban J connectivity index is 2.09. The molecular weight excluding hydrogens is 394 g/mol. The van der Waals surface area contributed by atoms with Gasteiger partial charge < -0.3 is 5.32 Å². The van der Waals surface area contributed by atoms with E-state index < -0.39 is 0 Å². The highest BCUT2D eigenvalue weighted by atomic mass is 79.9. The maximum Gasteiger partial charge on any atom is 0.239 e. The van der Waals surface area contributed by atoms with Crippen LogP contribution in [0.1, 0.15) is 21.5 Å². The zero-order valence-electron chi connectivity index (χ0n) is 11.9. The van der Waals surface area contributed by atoms with Crippen LogP contribution in [0, 0.1) is 13.8 Å². The lowest BCUT2D eigenvalue weighted by Crippen LogP contribution is -2.26. The molecule has 2 aromatic carbocycles. The topological polar surface area (TPSA) is 29.1 Å². The maximum atomic E-state index is 12.4. The number of benzene rings is 2. The molecule has 0 aliphatic carbocycles. The molecule has 21 heavy (non-hydrogen) atoms. The van der Waals surface area contributed by atoms with E-state index in [2.05, 4.69) is 43.2 Å². The summed E-state index contributed by atoms with van der Waals surface area (Å²) in [6, 6.07) is 15.9. The van der Waals surface area contributed by atoms with Crippen LogP contribution in [0.5, 0.6) is 0 Å². The van der Waals surface area contributed by atoms with Crippen LogP contribution in [0.15, 0.2) is 48.5 Å². The fourth-order valence-corrected chi connectivity index (χ4v) is 3.16. The molecule has 0 fully saturated rings. The second-order valence-corrected chi connectivity index (χ2v) is 7.05. The number of hydrogen-bond acceptors (Lipinski definition) is 1. The first-order valence-corrected chi connectivity index (χ1v) is 8.53. The van der Waals surface area contributed by atoms with Crippen molar-refractivity contribution < 1.29 is 4.79 Å². The smallest absolute Gasteiger partial charge is 0.239 e. The fourth-order valence-electron chi connectivity index (χ4n) is 2.20. The Morgan fingerprint density at radius 1 is 1.00 bits per heavy atom. The third-order valence-corrected chi connectivity index (χ3v) is 5.83. The van der Waals surface area contributed by atoms with Crippen LogP contribution >= 0.6 is 31.9 Å². The van der Waals surface area contributed by atoms with Crippen LogP contribution in [0.2, 0.25) is 0 Å². The molecule has 2 atom stereocenters. The van der Waals surface area contributed by atoms with Crippen LogP contribution in [0.4, 0.5) is 5.69 Å². The Labute approximate surface area is 142 Å². The van der Waals surface area contributed by atoms with Gasteiger partial charge in [-0.25, -0.2) is 0 Å². The number of carbonyl (C=O) groups excluding carboxylic acids is 1. The van der Waals surface area contributed by atoms with Crippen LogP contribution < -0.4 is 5.32 Å². The van der Waals surface area contributed by atoms with E-state index in [4.69, 9.17) is 0 Å². The largest absolute Gasteiger partial charge is 0.325 e. The summed E-state index contributed by atoms with van der Waals surface area (Å²) in [5, 5.41) is 2.96. The molecule has 2 nitrogen and oxygen atoms in total. The number of hydrogen-bond donors (Lipinski definition) is 1. The molecule has 1 amide bonds. The van der Waals surface area contributed by atoms with E-state index in [0.717, 1.165) is 22.4 Å². The Morgan fingerprint density at radius 2 is 1.57 bits per heavy atom. The quantitative estimate of drug-likeness (QED) is 0.694. The summed E-state index contributed by atoms with van der Waals surface area (Å²) in [4.78, 5) is 11.9. The average molecular weight is 411 g/mol. The number of alkyl halides is 2. The predicted molar refractivity (Wildman–Crippen MR) is 95.4 cm³/mol. The van der Waals surface area contributed by atoms with Crippen molar-refractivity contribution in [1.29, 1.82) is 0 Å². The van der Waals surface area contributed by atoms with Gasteiger partial charge in [-0.3, -0.25) is 4.79 Å². The SMILES string of the molecule is Cc1cc(C)cc(NC(=O)C(Br)C(Br)c2ccccc2)c1. The molecule has 0 aliphatic heterocycles. The summed E-state index contributed by atoms with van der Waals surface area (Å²) in [5.41, 5.74) is 4.16. The molecule has 0 aliphatic rings. The number of rotatable bonds is 4. The zero-order chi connectivity index (χ0) is 15.4. The van der Waals surface area contributed by atoms with E-state index in [9.17, 15) is 4.79 Å². The number of amides is 1. The maximum absolute atomic E-state index is 12.4. The highest BCUT2D eigenvalue weighted by molar-refractivity contribution is 9.12. The number of nitrogens with one attached hydrogen (secondary N) is 1. The second-order valence-electron chi connectivity index (χ2n) is 5.08. The second kappa shape index (κ2) is 7.23. The molecule has 2 rings (SSSR count). The molecule has 0 heterocycles. The van der Waals surface area contributed by atoms with Gasteiger partial charge in [0.15, 0.2) is 0 Å². The molecule has 0 saturated heterocycles. The lowest BCUT2D eigenvalue weighted by atomic mass is 10.1. The Morgan fingerprint density at radius 3 is 2.14 bits per heavy atom. The van der Waals surface area contributed by atoms with Crippen molar-refractivity contribution in [2.45, 2.75) is 23.5 Å². The van der Waals surface area contributed by atoms with E-state index in [1.54, 1.807) is 0 Å². The van der Waals surface area contributed by atoms with Crippen molar-refractivity contribution in [1.82, 2.24) is 0 Å². The minimum absolute atomic E-state index is 0.0641. The average Bonchev–Trinajstić information content (AvgIpc) is 2.45. The Hall–Kier alpha value is -1.13. The van der Waals surface area contributed by atoms with Crippen LogP contribution in [-0.2, 0) is 4.79 Å². The third kappa shape index (κ3) is 4.42. The number of halogens is 2. The minimum atomic E-state index is -0.347. The van der Waals surface area contributed by atoms with Crippen LogP contribution in [0.25, 0.3) is 0 Å². The van der Waals surface area contributed by atoms with Gasteiger partial charge in [0.2, 0.25) is 5.91 Å². The van der Waals surface area contributed by atoms with Gasteiger partial charge in [-0.05, 0) is 42.7 Å². The monoisotopic (exact) mass is 409 g/mol. The summed E-state index contributed by atoms with van der Waals surface area (Å²) in [5.74, 6) is -0.0641. The van der Waals surface area contributed by atoms with E-state index in [1.807, 2.05) is 56.3 Å². The van der Waals surface area contributed by atoms with Gasteiger partial charge in [0.05, 0.1) is 4.83 Å². The summed E-state index contributed by atoms with van der Waals surface area (Å²) in [6.07, 6.45) is 0. The highest BCUT2D eigenvalue weighted by Crippen LogP contribution is 2.31. The molecule has 110 valence electrons. The molecule has 4 heteroatoms. The third-order valence-electron chi connectivity index (χ3n) is 3.11. The molecule has 2 unspecified atom stereocenters. The van der Waals surface area contributed by atoms with Crippen molar-refractivity contribution in [3.63, 3.8) is 0 Å². The molecule has 0 aromatic heterocycles. The van der Waals surface area contributed by atoms with Crippen molar-refractivity contribution in [3.05, 3.63) is 65.2 Å². The van der Waals surface area contributed by atoms with Crippen LogP contribution in [0.3, 0.4) is 0 Å². The van der Waals surface area contributed by atoms with Crippen molar-refractivity contribution in [2.24, 2.45) is 0 Å². The standard InChI is InChI=1S/C17H17Br2NO/c1-11-8-12(2)10-14(9-11)20-17(21)16(19)15(18)13-6-4-3-5-7-13/h3-10,15-16H,1-2H3,(H,20,21). The lowest BCUT2D eigenvalue weighted by molar-refractivity contribution is -0.115. The van der Waals surface area contributed by atoms with E-state index in [0.29, 0.717) is 0 Å². The first-order valence-electron chi connectivity index (χ1n) is 6.69. The Bertz CT molecular complexity index is 608. The van der Waals surface area contributed by atoms with Gasteiger partial charge in [0.1, 0.15) is 4.83 Å². The summed E-state index contributed by atoms with van der Waals surface area (Å²) >= 11 is 7.07. The van der Waals surface area contributed by atoms with E-state index in [-0.39, 0.29) is 15.6 Å². The van der Waals surface area contributed by atoms with E-state index in [1.165, 1.54) is 0 Å². The first-order chi connectivity index (χ1) is 9.97. The van der Waals surface area contributed by atoms with Crippen molar-refractivity contribution >= 4 is 43.5 Å². The van der Waals surface area contributed by atoms with E-state index >= 15 is 0 Å². The molecule has 0 bridgehead atoms. The van der Waals surface area contributed by atoms with Crippen molar-refractivity contribution in [3.8, 4) is 0 Å². The molecule has 0 radical (unpaired) electrons. The van der Waals surface area contributed by atoms with Gasteiger partial charge in [-0.2, -0.15) is 0 Å². The van der Waals surface area contributed by atoms with Gasteiger partial charge in [0.25, 0.3) is 0 Å². The van der Waals surface area contributed by atoms with Gasteiger partial charge in [-0.1, -0.05) is 68.3 Å². The summed E-state index contributed by atoms with van der Waals surface area (Å²) < 4.78 is 0. The number of aryl methyl sites for hydroxylation is 2. The first kappa shape index (κ1) is 16.2. The minimum Gasteiger partial charge on any atom is -0.325 e. The molecule has 0 spiro atoms. The summed E-state index contributed by atoms with van der Waals surface area (Å²) in [6.45, 7) is 4.04. The number of anilines is 1. The highest BCUT2D eigenvalue weighted by Gasteiger charge is 2.25. The molecule has 2 aromatic rings.